The fraction of sp³-hybridized carbons (Fsp3) is 0.905. The van der Waals surface area contributed by atoms with Gasteiger partial charge in [-0.15, -0.1) is 0 Å². The normalized spacial score (nSPS) is 27.4. The van der Waals surface area contributed by atoms with E-state index in [2.05, 4.69) is 13.2 Å². The zero-order valence-electron chi connectivity index (χ0n) is 16.4. The van der Waals surface area contributed by atoms with Gasteiger partial charge in [0.25, 0.3) is 0 Å². The van der Waals surface area contributed by atoms with Gasteiger partial charge in [0.05, 0.1) is 12.9 Å². The molecule has 3 fully saturated rings. The van der Waals surface area contributed by atoms with E-state index in [0.29, 0.717) is 0 Å². The minimum absolute atomic E-state index is 0.181. The van der Waals surface area contributed by atoms with Crippen molar-refractivity contribution in [2.24, 2.45) is 0 Å². The number of rotatable bonds is 5. The molecule has 0 N–H and O–H groups in total. The monoisotopic (exact) mass is 508 g/mol. The Hall–Kier alpha value is 1.17. The van der Waals surface area contributed by atoms with Gasteiger partial charge in [-0.25, -0.2) is 0 Å². The SMILES string of the molecule is CCOC=C1CCCCC1P(C1CCCCC1)C1CCCCC1.[Cl][Ru][Cl]. The zero-order chi connectivity index (χ0) is 18.6. The Morgan fingerprint density at radius 2 is 1.38 bits per heavy atom. The molecule has 1 atom stereocenters. The number of allylic oxidation sites excluding steroid dienone is 1. The Morgan fingerprint density at radius 1 is 0.885 bits per heavy atom. The molecule has 1 unspecified atom stereocenters. The molecule has 26 heavy (non-hydrogen) atoms. The second-order valence-electron chi connectivity index (χ2n) is 7.99. The van der Waals surface area contributed by atoms with Crippen LogP contribution in [0.25, 0.3) is 0 Å². The molecule has 0 heterocycles. The van der Waals surface area contributed by atoms with Crippen LogP contribution in [-0.2, 0) is 19.9 Å². The van der Waals surface area contributed by atoms with E-state index < -0.39 is 0 Å². The van der Waals surface area contributed by atoms with E-state index in [0.717, 1.165) is 23.6 Å². The summed E-state index contributed by atoms with van der Waals surface area (Å²) in [5.41, 5.74) is 4.78. The van der Waals surface area contributed by atoms with E-state index in [9.17, 15) is 0 Å². The van der Waals surface area contributed by atoms with E-state index in [1.807, 2.05) is 0 Å². The number of ether oxygens (including phenoxy) is 1. The van der Waals surface area contributed by atoms with Crippen LogP contribution in [0.2, 0.25) is 0 Å². The average Bonchev–Trinajstić information content (AvgIpc) is 2.70. The fourth-order valence-electron chi connectivity index (χ4n) is 5.25. The first-order chi connectivity index (χ1) is 12.8. The van der Waals surface area contributed by atoms with Crippen molar-refractivity contribution in [3.63, 3.8) is 0 Å². The van der Waals surface area contributed by atoms with Crippen molar-refractivity contribution >= 4 is 27.3 Å². The maximum atomic E-state index is 5.78. The number of hydrogen-bond donors (Lipinski definition) is 0. The molecule has 5 heteroatoms. The second kappa shape index (κ2) is 14.2. The first-order valence-corrected chi connectivity index (χ1v) is 16.8. The Morgan fingerprint density at radius 3 is 1.88 bits per heavy atom. The van der Waals surface area contributed by atoms with Crippen LogP contribution in [0.3, 0.4) is 0 Å². The summed E-state index contributed by atoms with van der Waals surface area (Å²) < 4.78 is 5.78. The van der Waals surface area contributed by atoms with Crippen LogP contribution in [0, 0.1) is 0 Å². The van der Waals surface area contributed by atoms with Crippen LogP contribution in [0.1, 0.15) is 96.8 Å². The van der Waals surface area contributed by atoms with Gasteiger partial charge in [-0.2, -0.15) is 0 Å². The third-order valence-corrected chi connectivity index (χ3v) is 10.4. The maximum absolute atomic E-state index is 5.78. The van der Waals surface area contributed by atoms with Gasteiger partial charge in [0, 0.05) is 5.66 Å². The molecule has 0 saturated heterocycles. The standard InChI is InChI=1S/C21H37OP.2ClH.Ru/c1-2-22-17-18-11-9-10-16-21(18)23(19-12-5-3-6-13-19)20-14-7-4-8-15-20;;;/h17,19-21H,2-16H2,1H3;2*1H;/q;;;+2/p-2. The van der Waals surface area contributed by atoms with E-state index in [-0.39, 0.29) is 23.1 Å². The van der Waals surface area contributed by atoms with Crippen molar-refractivity contribution < 1.29 is 19.9 Å². The summed E-state index contributed by atoms with van der Waals surface area (Å²) in [5.74, 6) is 0. The zero-order valence-corrected chi connectivity index (χ0v) is 20.5. The molecule has 0 radical (unpaired) electrons. The Balaban J connectivity index is 0.000000758. The molecule has 0 aromatic heterocycles. The van der Waals surface area contributed by atoms with Gasteiger partial charge < -0.3 is 4.74 Å². The molecule has 0 aliphatic heterocycles. The molecule has 0 amide bonds. The summed E-state index contributed by atoms with van der Waals surface area (Å²) in [6.45, 7) is 2.96. The third-order valence-electron chi connectivity index (χ3n) is 6.37. The van der Waals surface area contributed by atoms with Crippen LogP contribution < -0.4 is 0 Å². The van der Waals surface area contributed by atoms with Crippen LogP contribution >= 0.6 is 27.3 Å². The summed E-state index contributed by atoms with van der Waals surface area (Å²) in [5, 5.41) is 0. The molecular weight excluding hydrogens is 471 g/mol. The van der Waals surface area contributed by atoms with Gasteiger partial charge in [0.1, 0.15) is 0 Å². The minimum atomic E-state index is -0.346. The van der Waals surface area contributed by atoms with Crippen LogP contribution in [0.5, 0.6) is 0 Å². The van der Waals surface area contributed by atoms with Gasteiger partial charge >= 0.3 is 34.5 Å². The molecule has 3 aliphatic rings. The van der Waals surface area contributed by atoms with Crippen molar-refractivity contribution in [2.45, 2.75) is 114 Å². The molecule has 0 aromatic carbocycles. The molecule has 3 aliphatic carbocycles. The summed E-state index contributed by atoms with van der Waals surface area (Å²) >= 11 is -0.346. The van der Waals surface area contributed by atoms with Crippen molar-refractivity contribution in [1.29, 1.82) is 0 Å². The molecule has 0 aromatic rings. The summed E-state index contributed by atoms with van der Waals surface area (Å²) in [7, 11) is 9.89. The first-order valence-electron chi connectivity index (χ1n) is 10.7. The quantitative estimate of drug-likeness (QED) is 0.206. The molecule has 3 rings (SSSR count). The Labute approximate surface area is 178 Å². The van der Waals surface area contributed by atoms with Crippen molar-refractivity contribution in [1.82, 2.24) is 0 Å². The number of hydrogen-bond acceptors (Lipinski definition) is 1. The summed E-state index contributed by atoms with van der Waals surface area (Å²) in [4.78, 5) is 0. The second-order valence-corrected chi connectivity index (χ2v) is 13.6. The third kappa shape index (κ3) is 7.54. The average molecular weight is 508 g/mol. The molecule has 0 bridgehead atoms. The Kier molecular flexibility index (Phi) is 12.8. The first kappa shape index (κ1) is 23.5. The van der Waals surface area contributed by atoms with E-state index in [1.165, 1.54) is 64.2 Å². The van der Waals surface area contributed by atoms with E-state index in [4.69, 9.17) is 24.1 Å². The van der Waals surface area contributed by atoms with E-state index >= 15 is 0 Å². The predicted molar refractivity (Wildman–Crippen MR) is 114 cm³/mol. The predicted octanol–water partition coefficient (Wildman–Crippen LogP) is 8.37. The molecule has 0 spiro atoms. The topological polar surface area (TPSA) is 9.23 Å². The van der Waals surface area contributed by atoms with Gasteiger partial charge in [-0.1, -0.05) is 52.9 Å². The summed E-state index contributed by atoms with van der Waals surface area (Å²) in [6, 6.07) is 0. The molecule has 154 valence electrons. The van der Waals surface area contributed by atoms with Crippen LogP contribution in [0.15, 0.2) is 11.8 Å². The van der Waals surface area contributed by atoms with Crippen molar-refractivity contribution in [3.8, 4) is 0 Å². The van der Waals surface area contributed by atoms with Crippen LogP contribution in [0.4, 0.5) is 0 Å². The molecule has 1 nitrogen and oxygen atoms in total. The molecular formula is C21H37Cl2OPRu. The summed E-state index contributed by atoms with van der Waals surface area (Å²) in [6.07, 6.45) is 23.0. The fourth-order valence-corrected chi connectivity index (χ4v) is 9.84. The van der Waals surface area contributed by atoms with Gasteiger partial charge in [0.15, 0.2) is 0 Å². The number of halogens is 2. The van der Waals surface area contributed by atoms with Crippen LogP contribution in [-0.4, -0.2) is 23.6 Å². The van der Waals surface area contributed by atoms with Crippen molar-refractivity contribution in [3.05, 3.63) is 11.8 Å². The van der Waals surface area contributed by atoms with Gasteiger partial charge in [-0.05, 0) is 68.8 Å². The molecule has 3 saturated carbocycles. The van der Waals surface area contributed by atoms with Crippen molar-refractivity contribution in [2.75, 3.05) is 6.61 Å². The Bertz CT molecular complexity index is 377. The van der Waals surface area contributed by atoms with E-state index in [1.54, 1.807) is 31.3 Å². The van der Waals surface area contributed by atoms with Gasteiger partial charge in [0.2, 0.25) is 0 Å². The van der Waals surface area contributed by atoms with Gasteiger partial charge in [-0.3, -0.25) is 0 Å².